The monoisotopic (exact) mass is 333 g/mol. The van der Waals surface area contributed by atoms with E-state index in [1.165, 1.54) is 11.1 Å². The maximum atomic E-state index is 12.4. The zero-order valence-corrected chi connectivity index (χ0v) is 13.9. The lowest BCUT2D eigenvalue weighted by molar-refractivity contribution is -0.125. The number of ether oxygens (including phenoxy) is 2. The van der Waals surface area contributed by atoms with Gasteiger partial charge in [0.15, 0.2) is 11.5 Å². The van der Waals surface area contributed by atoms with Crippen molar-refractivity contribution in [1.82, 2.24) is 4.90 Å². The molecule has 0 bridgehead atoms. The van der Waals surface area contributed by atoms with Gasteiger partial charge in [0.1, 0.15) is 0 Å². The fourth-order valence-corrected chi connectivity index (χ4v) is 3.07. The molecule has 2 heterocycles. The van der Waals surface area contributed by atoms with E-state index in [-0.39, 0.29) is 12.7 Å². The van der Waals surface area contributed by atoms with Crippen molar-refractivity contribution >= 4 is 17.6 Å². The van der Waals surface area contributed by atoms with Crippen molar-refractivity contribution in [3.05, 3.63) is 71.8 Å². The van der Waals surface area contributed by atoms with E-state index in [1.54, 1.807) is 6.08 Å². The number of amides is 1. The number of carbonyl (C=O) groups is 1. The molecule has 0 fully saturated rings. The summed E-state index contributed by atoms with van der Waals surface area (Å²) in [5.41, 5.74) is 3.48. The predicted octanol–water partition coefficient (Wildman–Crippen LogP) is 3.74. The second-order valence-electron chi connectivity index (χ2n) is 6.08. The summed E-state index contributed by atoms with van der Waals surface area (Å²) in [6.07, 6.45) is 6.47. The smallest absolute Gasteiger partial charge is 0.246 e. The Balaban J connectivity index is 1.40. The first kappa shape index (κ1) is 15.5. The minimum atomic E-state index is 0.0287. The number of benzene rings is 2. The third kappa shape index (κ3) is 3.43. The van der Waals surface area contributed by atoms with Gasteiger partial charge in [-0.25, -0.2) is 0 Å². The summed E-state index contributed by atoms with van der Waals surface area (Å²) in [6, 6.07) is 16.0. The Morgan fingerprint density at radius 2 is 1.88 bits per heavy atom. The van der Waals surface area contributed by atoms with E-state index in [0.717, 1.165) is 30.0 Å². The minimum Gasteiger partial charge on any atom is -0.454 e. The molecular formula is C21H19NO3. The van der Waals surface area contributed by atoms with Gasteiger partial charge in [0.2, 0.25) is 12.7 Å². The Hall–Kier alpha value is -3.01. The molecule has 0 atom stereocenters. The van der Waals surface area contributed by atoms with E-state index in [2.05, 4.69) is 18.2 Å². The summed E-state index contributed by atoms with van der Waals surface area (Å²) in [5, 5.41) is 0. The number of nitrogens with zero attached hydrogens (tertiary/aromatic N) is 1. The number of hydrogen-bond donors (Lipinski definition) is 0. The quantitative estimate of drug-likeness (QED) is 0.803. The first-order valence-corrected chi connectivity index (χ1v) is 8.41. The summed E-state index contributed by atoms with van der Waals surface area (Å²) in [4.78, 5) is 14.3. The van der Waals surface area contributed by atoms with Gasteiger partial charge in [-0.1, -0.05) is 42.5 Å². The van der Waals surface area contributed by atoms with Gasteiger partial charge in [0, 0.05) is 19.2 Å². The highest BCUT2D eigenvalue weighted by atomic mass is 16.7. The average Bonchev–Trinajstić information content (AvgIpc) is 3.15. The van der Waals surface area contributed by atoms with Crippen molar-refractivity contribution in [2.45, 2.75) is 6.42 Å². The van der Waals surface area contributed by atoms with Crippen LogP contribution < -0.4 is 9.47 Å². The van der Waals surface area contributed by atoms with Crippen LogP contribution in [-0.4, -0.2) is 30.7 Å². The number of fused-ring (bicyclic) bond motifs is 1. The highest BCUT2D eigenvalue weighted by Crippen LogP contribution is 2.32. The minimum absolute atomic E-state index is 0.0287. The van der Waals surface area contributed by atoms with Crippen LogP contribution in [0.4, 0.5) is 0 Å². The molecule has 4 heteroatoms. The lowest BCUT2D eigenvalue weighted by Crippen LogP contribution is -2.33. The predicted molar refractivity (Wildman–Crippen MR) is 97.2 cm³/mol. The summed E-state index contributed by atoms with van der Waals surface area (Å²) in [6.45, 7) is 1.64. The van der Waals surface area contributed by atoms with E-state index in [4.69, 9.17) is 9.47 Å². The molecule has 4 rings (SSSR count). The van der Waals surface area contributed by atoms with Gasteiger partial charge in [-0.15, -0.1) is 0 Å². The van der Waals surface area contributed by atoms with Gasteiger partial charge in [-0.2, -0.15) is 0 Å². The third-order valence-corrected chi connectivity index (χ3v) is 4.48. The van der Waals surface area contributed by atoms with Crippen LogP contribution in [0.15, 0.2) is 60.7 Å². The van der Waals surface area contributed by atoms with E-state index in [1.807, 2.05) is 47.4 Å². The Morgan fingerprint density at radius 1 is 1.04 bits per heavy atom. The summed E-state index contributed by atoms with van der Waals surface area (Å²) < 4.78 is 10.6. The molecule has 4 nitrogen and oxygen atoms in total. The molecule has 0 aromatic heterocycles. The molecule has 0 saturated heterocycles. The lowest BCUT2D eigenvalue weighted by atomic mass is 9.99. The van der Waals surface area contributed by atoms with E-state index < -0.39 is 0 Å². The Morgan fingerprint density at radius 3 is 2.68 bits per heavy atom. The van der Waals surface area contributed by atoms with E-state index in [0.29, 0.717) is 6.54 Å². The van der Waals surface area contributed by atoms with Crippen molar-refractivity contribution in [3.8, 4) is 11.5 Å². The highest BCUT2D eigenvalue weighted by Gasteiger charge is 2.16. The Labute approximate surface area is 147 Å². The lowest BCUT2D eigenvalue weighted by Gasteiger charge is -2.25. The topological polar surface area (TPSA) is 38.8 Å². The van der Waals surface area contributed by atoms with Crippen molar-refractivity contribution in [2.75, 3.05) is 19.9 Å². The second kappa shape index (κ2) is 6.85. The molecule has 0 aliphatic carbocycles. The van der Waals surface area contributed by atoms with E-state index in [9.17, 15) is 4.79 Å². The van der Waals surface area contributed by atoms with Crippen molar-refractivity contribution in [3.63, 3.8) is 0 Å². The standard InChI is InChI=1S/C21H19NO3/c23-21(9-7-16-6-8-19-20(14-16)25-15-24-19)22-12-10-18(11-13-22)17-4-2-1-3-5-17/h1-10,14H,11-13,15H2. The van der Waals surface area contributed by atoms with Gasteiger partial charge in [0.25, 0.3) is 0 Å². The van der Waals surface area contributed by atoms with Gasteiger partial charge < -0.3 is 14.4 Å². The molecule has 1 amide bonds. The fraction of sp³-hybridized carbons (Fsp3) is 0.190. The largest absolute Gasteiger partial charge is 0.454 e. The number of hydrogen-bond acceptors (Lipinski definition) is 3. The Kier molecular flexibility index (Phi) is 4.25. The molecule has 0 spiro atoms. The molecule has 2 aliphatic heterocycles. The zero-order valence-electron chi connectivity index (χ0n) is 13.9. The van der Waals surface area contributed by atoms with Crippen LogP contribution in [-0.2, 0) is 4.79 Å². The van der Waals surface area contributed by atoms with Crippen LogP contribution in [0.2, 0.25) is 0 Å². The third-order valence-electron chi connectivity index (χ3n) is 4.48. The average molecular weight is 333 g/mol. The normalized spacial score (nSPS) is 16.2. The Bertz CT molecular complexity index is 839. The molecular weight excluding hydrogens is 314 g/mol. The summed E-state index contributed by atoms with van der Waals surface area (Å²) in [7, 11) is 0. The molecule has 2 aromatic rings. The van der Waals surface area contributed by atoms with Crippen LogP contribution in [0.1, 0.15) is 17.5 Å². The molecule has 0 saturated carbocycles. The van der Waals surface area contributed by atoms with Gasteiger partial charge >= 0.3 is 0 Å². The van der Waals surface area contributed by atoms with Gasteiger partial charge in [-0.3, -0.25) is 4.79 Å². The van der Waals surface area contributed by atoms with Crippen LogP contribution >= 0.6 is 0 Å². The molecule has 2 aliphatic rings. The molecule has 2 aromatic carbocycles. The maximum absolute atomic E-state index is 12.4. The van der Waals surface area contributed by atoms with Crippen LogP contribution in [0.3, 0.4) is 0 Å². The van der Waals surface area contributed by atoms with Gasteiger partial charge in [-0.05, 0) is 41.3 Å². The fourth-order valence-electron chi connectivity index (χ4n) is 3.07. The van der Waals surface area contributed by atoms with Crippen LogP contribution in [0.5, 0.6) is 11.5 Å². The maximum Gasteiger partial charge on any atom is 0.246 e. The van der Waals surface area contributed by atoms with Gasteiger partial charge in [0.05, 0.1) is 0 Å². The van der Waals surface area contributed by atoms with Crippen molar-refractivity contribution in [1.29, 1.82) is 0 Å². The second-order valence-corrected chi connectivity index (χ2v) is 6.08. The SMILES string of the molecule is O=C(C=Cc1ccc2c(c1)OCO2)N1CC=C(c2ccccc2)CC1. The summed E-state index contributed by atoms with van der Waals surface area (Å²) >= 11 is 0. The van der Waals surface area contributed by atoms with Crippen LogP contribution in [0.25, 0.3) is 11.6 Å². The summed E-state index contributed by atoms with van der Waals surface area (Å²) in [5.74, 6) is 1.50. The molecule has 126 valence electrons. The molecule has 0 unspecified atom stereocenters. The number of rotatable bonds is 3. The highest BCUT2D eigenvalue weighted by molar-refractivity contribution is 5.92. The zero-order chi connectivity index (χ0) is 17.1. The first-order chi connectivity index (χ1) is 12.3. The number of carbonyl (C=O) groups excluding carboxylic acids is 1. The molecule has 25 heavy (non-hydrogen) atoms. The van der Waals surface area contributed by atoms with Crippen molar-refractivity contribution < 1.29 is 14.3 Å². The molecule has 0 N–H and O–H groups in total. The van der Waals surface area contributed by atoms with E-state index >= 15 is 0 Å². The van der Waals surface area contributed by atoms with Crippen molar-refractivity contribution in [2.24, 2.45) is 0 Å². The molecule has 0 radical (unpaired) electrons. The first-order valence-electron chi connectivity index (χ1n) is 8.41. The van der Waals surface area contributed by atoms with Crippen LogP contribution in [0, 0.1) is 0 Å².